The van der Waals surface area contributed by atoms with E-state index in [9.17, 15) is 5.26 Å². The lowest BCUT2D eigenvalue weighted by Gasteiger charge is -2.05. The Balaban J connectivity index is 3.14. The molecule has 100 valence electrons. The third-order valence-corrected chi connectivity index (χ3v) is 3.61. The molecule has 19 heavy (non-hydrogen) atoms. The molecule has 0 fully saturated rings. The summed E-state index contributed by atoms with van der Waals surface area (Å²) in [5.41, 5.74) is 6.98. The maximum absolute atomic E-state index is 9.17. The molecule has 0 saturated carbocycles. The number of thioether (sulfide) groups is 2. The van der Waals surface area contributed by atoms with Crippen LogP contribution in [0.1, 0.15) is 0 Å². The molecule has 2 N–H and O–H groups in total. The highest BCUT2D eigenvalue weighted by Gasteiger charge is 2.10. The van der Waals surface area contributed by atoms with Gasteiger partial charge in [0.05, 0.1) is 17.8 Å². The van der Waals surface area contributed by atoms with Crippen molar-refractivity contribution in [3.05, 3.63) is 34.9 Å². The summed E-state index contributed by atoms with van der Waals surface area (Å²) in [5, 5.41) is 10.3. The molecule has 0 radical (unpaired) electrons. The van der Waals surface area contributed by atoms with Gasteiger partial charge in [0.15, 0.2) is 0 Å². The first-order valence-electron chi connectivity index (χ1n) is 5.37. The summed E-state index contributed by atoms with van der Waals surface area (Å²) >= 11 is 2.73. The van der Waals surface area contributed by atoms with Crippen molar-refractivity contribution < 1.29 is 4.74 Å². The van der Waals surface area contributed by atoms with Crippen molar-refractivity contribution in [2.75, 3.05) is 19.6 Å². The van der Waals surface area contributed by atoms with Gasteiger partial charge in [0.25, 0.3) is 0 Å². The van der Waals surface area contributed by atoms with E-state index in [1.54, 1.807) is 7.11 Å². The molecule has 0 spiro atoms. The van der Waals surface area contributed by atoms with Crippen molar-refractivity contribution in [1.29, 1.82) is 5.26 Å². The van der Waals surface area contributed by atoms with Crippen LogP contribution in [0.3, 0.4) is 0 Å². The molecule has 1 rings (SSSR count). The van der Waals surface area contributed by atoms with Gasteiger partial charge in [-0.3, -0.25) is 0 Å². The van der Waals surface area contributed by atoms with Gasteiger partial charge in [-0.25, -0.2) is 4.99 Å². The zero-order chi connectivity index (χ0) is 14.3. The van der Waals surface area contributed by atoms with E-state index in [0.29, 0.717) is 15.6 Å². The predicted octanol–water partition coefficient (Wildman–Crippen LogP) is 3.15. The van der Waals surface area contributed by atoms with Crippen molar-refractivity contribution >= 4 is 34.3 Å². The molecule has 0 amide bonds. The first-order chi connectivity index (χ1) is 9.15. The van der Waals surface area contributed by atoms with E-state index in [2.05, 4.69) is 11.1 Å². The molecule has 1 aromatic rings. The van der Waals surface area contributed by atoms with Crippen LogP contribution in [0.15, 0.2) is 39.9 Å². The molecule has 0 heterocycles. The molecule has 0 aliphatic rings. The van der Waals surface area contributed by atoms with Crippen LogP contribution >= 0.6 is 23.5 Å². The molecular formula is C13H15N3OS2. The highest BCUT2D eigenvalue weighted by Crippen LogP contribution is 2.23. The van der Waals surface area contributed by atoms with Crippen LogP contribution in [-0.2, 0) is 0 Å². The fourth-order valence-corrected chi connectivity index (χ4v) is 2.26. The number of hydrogen-bond donors (Lipinski definition) is 1. The first-order valence-corrected chi connectivity index (χ1v) is 7.82. The Kier molecular flexibility index (Phi) is 6.33. The number of aliphatic imine (C=N–C) groups is 1. The van der Waals surface area contributed by atoms with E-state index in [1.807, 2.05) is 36.8 Å². The van der Waals surface area contributed by atoms with E-state index >= 15 is 0 Å². The predicted molar refractivity (Wildman–Crippen MR) is 83.9 cm³/mol. The second-order valence-electron chi connectivity index (χ2n) is 3.37. The molecule has 1 aromatic carbocycles. The SMILES string of the molecule is COc1ccc(N=C(SC)C(C#N)=C(N)SC)cc1. The van der Waals surface area contributed by atoms with Crippen molar-refractivity contribution in [2.24, 2.45) is 10.7 Å². The van der Waals surface area contributed by atoms with Crippen molar-refractivity contribution in [1.82, 2.24) is 0 Å². The Morgan fingerprint density at radius 1 is 1.26 bits per heavy atom. The molecular weight excluding hydrogens is 278 g/mol. The Morgan fingerprint density at radius 2 is 1.89 bits per heavy atom. The summed E-state index contributed by atoms with van der Waals surface area (Å²) in [5.74, 6) is 0.768. The maximum Gasteiger partial charge on any atom is 0.119 e. The topological polar surface area (TPSA) is 71.4 Å². The number of nitriles is 1. The van der Waals surface area contributed by atoms with Crippen LogP contribution in [0.25, 0.3) is 0 Å². The van der Waals surface area contributed by atoms with Gasteiger partial charge < -0.3 is 10.5 Å². The Morgan fingerprint density at radius 3 is 2.32 bits per heavy atom. The maximum atomic E-state index is 9.17. The Bertz CT molecular complexity index is 530. The van der Waals surface area contributed by atoms with Gasteiger partial charge in [-0.1, -0.05) is 0 Å². The third-order valence-electron chi connectivity index (χ3n) is 2.29. The average molecular weight is 293 g/mol. The molecule has 0 aliphatic heterocycles. The highest BCUT2D eigenvalue weighted by atomic mass is 32.2. The number of benzene rings is 1. The minimum atomic E-state index is 0.413. The number of nitrogens with two attached hydrogens (primary N) is 1. The standard InChI is InChI=1S/C13H15N3OS2/c1-17-10-6-4-9(5-7-10)16-13(19-3)11(8-14)12(15)18-2/h4-7H,15H2,1-3H3. The fourth-order valence-electron chi connectivity index (χ4n) is 1.29. The third kappa shape index (κ3) is 4.23. The first kappa shape index (κ1) is 15.5. The number of rotatable bonds is 4. The quantitative estimate of drug-likeness (QED) is 0.524. The zero-order valence-corrected chi connectivity index (χ0v) is 12.6. The van der Waals surface area contributed by atoms with E-state index in [4.69, 9.17) is 10.5 Å². The van der Waals surface area contributed by atoms with E-state index in [0.717, 1.165) is 11.4 Å². The number of methoxy groups -OCH3 is 1. The summed E-state index contributed by atoms with van der Waals surface area (Å²) < 4.78 is 5.09. The largest absolute Gasteiger partial charge is 0.497 e. The van der Waals surface area contributed by atoms with Crippen LogP contribution < -0.4 is 10.5 Å². The number of hydrogen-bond acceptors (Lipinski definition) is 6. The Hall–Kier alpha value is -1.58. The van der Waals surface area contributed by atoms with Crippen molar-refractivity contribution in [3.63, 3.8) is 0 Å². The van der Waals surface area contributed by atoms with Crippen LogP contribution in [0.4, 0.5) is 5.69 Å². The summed E-state index contributed by atoms with van der Waals surface area (Å²) in [6, 6.07) is 9.42. The monoisotopic (exact) mass is 293 g/mol. The van der Waals surface area contributed by atoms with E-state index in [-0.39, 0.29) is 0 Å². The second-order valence-corrected chi connectivity index (χ2v) is 5.02. The molecule has 6 heteroatoms. The number of nitrogens with zero attached hydrogens (tertiary/aromatic N) is 2. The van der Waals surface area contributed by atoms with E-state index < -0.39 is 0 Å². The minimum Gasteiger partial charge on any atom is -0.497 e. The normalized spacial score (nSPS) is 12.6. The van der Waals surface area contributed by atoms with Crippen LogP contribution in [0, 0.1) is 11.3 Å². The zero-order valence-electron chi connectivity index (χ0n) is 11.0. The van der Waals surface area contributed by atoms with Crippen LogP contribution in [0.2, 0.25) is 0 Å². The summed E-state index contributed by atoms with van der Waals surface area (Å²) in [6.45, 7) is 0. The molecule has 0 bridgehead atoms. The second kappa shape index (κ2) is 7.77. The van der Waals surface area contributed by atoms with Crippen LogP contribution in [-0.4, -0.2) is 24.7 Å². The van der Waals surface area contributed by atoms with Gasteiger partial charge in [-0.2, -0.15) is 5.26 Å². The Labute approximate surface area is 121 Å². The summed E-state index contributed by atoms with van der Waals surface area (Å²) in [6.07, 6.45) is 3.70. The highest BCUT2D eigenvalue weighted by molar-refractivity contribution is 8.14. The number of ether oxygens (including phenoxy) is 1. The molecule has 0 saturated heterocycles. The van der Waals surface area contributed by atoms with Crippen molar-refractivity contribution in [3.8, 4) is 11.8 Å². The molecule has 0 aromatic heterocycles. The minimum absolute atomic E-state index is 0.413. The summed E-state index contributed by atoms with van der Waals surface area (Å²) in [7, 11) is 1.61. The molecule has 0 aliphatic carbocycles. The van der Waals surface area contributed by atoms with Gasteiger partial charge in [0, 0.05) is 0 Å². The van der Waals surface area contributed by atoms with Gasteiger partial charge in [-0.15, -0.1) is 23.5 Å². The van der Waals surface area contributed by atoms with Gasteiger partial charge in [0.1, 0.15) is 22.4 Å². The molecule has 0 atom stereocenters. The smallest absolute Gasteiger partial charge is 0.119 e. The van der Waals surface area contributed by atoms with Crippen LogP contribution in [0.5, 0.6) is 5.75 Å². The lowest BCUT2D eigenvalue weighted by Crippen LogP contribution is -2.04. The fraction of sp³-hybridized carbons (Fsp3) is 0.231. The van der Waals surface area contributed by atoms with E-state index in [1.165, 1.54) is 23.5 Å². The van der Waals surface area contributed by atoms with Gasteiger partial charge in [0.2, 0.25) is 0 Å². The molecule has 0 unspecified atom stereocenters. The van der Waals surface area contributed by atoms with Gasteiger partial charge in [-0.05, 0) is 36.8 Å². The lowest BCUT2D eigenvalue weighted by atomic mass is 10.3. The lowest BCUT2D eigenvalue weighted by molar-refractivity contribution is 0.415. The average Bonchev–Trinajstić information content (AvgIpc) is 2.47. The van der Waals surface area contributed by atoms with Crippen molar-refractivity contribution in [2.45, 2.75) is 0 Å². The van der Waals surface area contributed by atoms with Gasteiger partial charge >= 0.3 is 0 Å². The molecule has 4 nitrogen and oxygen atoms in total. The summed E-state index contributed by atoms with van der Waals surface area (Å²) in [4.78, 5) is 4.44.